The molecule has 0 rings (SSSR count). The maximum atomic E-state index is 11.3. The quantitative estimate of drug-likeness (QED) is 0.435. The smallest absolute Gasteiger partial charge is 0.381 e. The molecule has 0 spiro atoms. The Morgan fingerprint density at radius 1 is 0.882 bits per heavy atom. The van der Waals surface area contributed by atoms with Crippen LogP contribution in [0, 0.1) is 0 Å². The Labute approximate surface area is 104 Å². The molecule has 0 aromatic carbocycles. The van der Waals surface area contributed by atoms with Gasteiger partial charge in [0.2, 0.25) is 0 Å². The van der Waals surface area contributed by atoms with E-state index in [1.165, 1.54) is 0 Å². The third kappa shape index (κ3) is 12.3. The molecule has 0 aliphatic carbocycles. The van der Waals surface area contributed by atoms with Gasteiger partial charge < -0.3 is 9.63 Å². The van der Waals surface area contributed by atoms with E-state index < -0.39 is 7.82 Å². The number of ether oxygens (including phenoxy) is 1. The van der Waals surface area contributed by atoms with Crippen molar-refractivity contribution in [1.82, 2.24) is 0 Å². The van der Waals surface area contributed by atoms with Crippen LogP contribution in [0.4, 0.5) is 0 Å². The molecule has 6 heteroatoms. The van der Waals surface area contributed by atoms with Crippen LogP contribution in [-0.2, 0) is 18.3 Å². The van der Waals surface area contributed by atoms with Gasteiger partial charge in [0.15, 0.2) is 0 Å². The molecule has 0 bridgehead atoms. The predicted octanol–water partition coefficient (Wildman–Crippen LogP) is 3.13. The van der Waals surface area contributed by atoms with E-state index in [2.05, 4.69) is 6.92 Å². The molecule has 0 aliphatic rings. The Morgan fingerprint density at radius 2 is 1.35 bits per heavy atom. The van der Waals surface area contributed by atoms with Gasteiger partial charge in [-0.05, 0) is 19.3 Å². The van der Waals surface area contributed by atoms with E-state index in [-0.39, 0.29) is 13.2 Å². The molecule has 0 aromatic rings. The summed E-state index contributed by atoms with van der Waals surface area (Å²) >= 11 is 0. The first-order chi connectivity index (χ1) is 8.12. The van der Waals surface area contributed by atoms with Gasteiger partial charge in [0.25, 0.3) is 0 Å². The van der Waals surface area contributed by atoms with Gasteiger partial charge in [-0.25, -0.2) is 4.57 Å². The van der Waals surface area contributed by atoms with Gasteiger partial charge in [0.1, 0.15) is 0 Å². The molecule has 0 radical (unpaired) electrons. The van der Waals surface area contributed by atoms with Crippen LogP contribution in [0.15, 0.2) is 0 Å². The van der Waals surface area contributed by atoms with E-state index >= 15 is 0 Å². The summed E-state index contributed by atoms with van der Waals surface area (Å²) in [5.41, 5.74) is 0. The van der Waals surface area contributed by atoms with Crippen molar-refractivity contribution in [2.75, 3.05) is 26.4 Å². The summed E-state index contributed by atoms with van der Waals surface area (Å²) in [6, 6.07) is 0. The molecule has 1 atom stereocenters. The second-order valence-electron chi connectivity index (χ2n) is 3.81. The molecule has 0 saturated heterocycles. The minimum Gasteiger partial charge on any atom is -0.381 e. The Morgan fingerprint density at radius 3 is 1.94 bits per heavy atom. The minimum absolute atomic E-state index is 0.187. The molecular weight excluding hydrogens is 243 g/mol. The van der Waals surface area contributed by atoms with E-state index in [1.54, 1.807) is 0 Å². The Balaban J connectivity index is 3.36. The highest BCUT2D eigenvalue weighted by Gasteiger charge is 2.19. The van der Waals surface area contributed by atoms with Crippen molar-refractivity contribution in [2.24, 2.45) is 0 Å². The van der Waals surface area contributed by atoms with Crippen molar-refractivity contribution in [1.29, 1.82) is 0 Å². The summed E-state index contributed by atoms with van der Waals surface area (Å²) in [6.45, 7) is 5.82. The summed E-state index contributed by atoms with van der Waals surface area (Å²) in [5.74, 6) is 0. The zero-order valence-corrected chi connectivity index (χ0v) is 11.8. The largest absolute Gasteiger partial charge is 0.472 e. The highest BCUT2D eigenvalue weighted by atomic mass is 31.2. The summed E-state index contributed by atoms with van der Waals surface area (Å²) < 4.78 is 26.1. The van der Waals surface area contributed by atoms with Gasteiger partial charge in [-0.3, -0.25) is 9.05 Å². The highest BCUT2D eigenvalue weighted by Crippen LogP contribution is 2.43. The SMILES string of the molecule is CCCCOCCCOP(=O)(O)OCCCC. The molecule has 5 nitrogen and oxygen atoms in total. The Kier molecular flexibility index (Phi) is 11.2. The van der Waals surface area contributed by atoms with Gasteiger partial charge in [0, 0.05) is 13.2 Å². The van der Waals surface area contributed by atoms with Crippen LogP contribution in [0.1, 0.15) is 46.0 Å². The number of phosphoric acid groups is 1. The molecule has 17 heavy (non-hydrogen) atoms. The molecule has 0 aliphatic heterocycles. The van der Waals surface area contributed by atoms with Crippen LogP contribution >= 0.6 is 7.82 Å². The maximum absolute atomic E-state index is 11.3. The first kappa shape index (κ1) is 17.1. The Bertz CT molecular complexity index is 210. The lowest BCUT2D eigenvalue weighted by atomic mass is 10.4. The molecule has 1 N–H and O–H groups in total. The third-order valence-electron chi connectivity index (χ3n) is 2.08. The topological polar surface area (TPSA) is 65.0 Å². The van der Waals surface area contributed by atoms with Crippen LogP contribution < -0.4 is 0 Å². The second-order valence-corrected chi connectivity index (χ2v) is 5.26. The fraction of sp³-hybridized carbons (Fsp3) is 1.00. The van der Waals surface area contributed by atoms with E-state index in [4.69, 9.17) is 13.8 Å². The zero-order valence-electron chi connectivity index (χ0n) is 10.9. The zero-order chi connectivity index (χ0) is 13.0. The average molecular weight is 268 g/mol. The van der Waals surface area contributed by atoms with E-state index in [1.807, 2.05) is 6.92 Å². The predicted molar refractivity (Wildman–Crippen MR) is 67.0 cm³/mol. The fourth-order valence-corrected chi connectivity index (χ4v) is 1.85. The van der Waals surface area contributed by atoms with Gasteiger partial charge in [-0.1, -0.05) is 26.7 Å². The van der Waals surface area contributed by atoms with Crippen LogP contribution in [0.3, 0.4) is 0 Å². The normalized spacial score (nSPS) is 14.8. The fourth-order valence-electron chi connectivity index (χ4n) is 1.05. The van der Waals surface area contributed by atoms with Gasteiger partial charge in [-0.15, -0.1) is 0 Å². The minimum atomic E-state index is -3.84. The number of unbranched alkanes of at least 4 members (excludes halogenated alkanes) is 2. The van der Waals surface area contributed by atoms with E-state index in [9.17, 15) is 9.46 Å². The van der Waals surface area contributed by atoms with Gasteiger partial charge in [-0.2, -0.15) is 0 Å². The number of rotatable bonds is 12. The standard InChI is InChI=1S/C11H25O5P/c1-3-5-8-14-9-7-11-16-17(12,13)15-10-6-4-2/h3-11H2,1-2H3,(H,12,13). The lowest BCUT2D eigenvalue weighted by Gasteiger charge is -2.11. The highest BCUT2D eigenvalue weighted by molar-refractivity contribution is 7.47. The maximum Gasteiger partial charge on any atom is 0.472 e. The van der Waals surface area contributed by atoms with E-state index in [0.717, 1.165) is 32.3 Å². The van der Waals surface area contributed by atoms with Crippen LogP contribution in [-0.4, -0.2) is 31.3 Å². The van der Waals surface area contributed by atoms with Crippen LogP contribution in [0.2, 0.25) is 0 Å². The molecule has 0 amide bonds. The molecule has 1 unspecified atom stereocenters. The van der Waals surface area contributed by atoms with Crippen molar-refractivity contribution in [3.8, 4) is 0 Å². The van der Waals surface area contributed by atoms with Crippen molar-refractivity contribution in [2.45, 2.75) is 46.0 Å². The molecule has 0 heterocycles. The lowest BCUT2D eigenvalue weighted by molar-refractivity contribution is 0.101. The summed E-state index contributed by atoms with van der Waals surface area (Å²) in [7, 11) is -3.84. The first-order valence-corrected chi connectivity index (χ1v) is 7.81. The summed E-state index contributed by atoms with van der Waals surface area (Å²) in [4.78, 5) is 9.25. The second kappa shape index (κ2) is 11.2. The molecular formula is C11H25O5P. The van der Waals surface area contributed by atoms with E-state index in [0.29, 0.717) is 13.0 Å². The number of hydrogen-bond acceptors (Lipinski definition) is 4. The van der Waals surface area contributed by atoms with Gasteiger partial charge >= 0.3 is 7.82 Å². The first-order valence-electron chi connectivity index (χ1n) is 6.32. The van der Waals surface area contributed by atoms with Crippen molar-refractivity contribution in [3.63, 3.8) is 0 Å². The van der Waals surface area contributed by atoms with Crippen molar-refractivity contribution < 1.29 is 23.2 Å². The summed E-state index contributed by atoms with van der Waals surface area (Å²) in [5, 5.41) is 0. The lowest BCUT2D eigenvalue weighted by Crippen LogP contribution is -2.03. The third-order valence-corrected chi connectivity index (χ3v) is 3.10. The molecule has 0 fully saturated rings. The van der Waals surface area contributed by atoms with Crippen molar-refractivity contribution in [3.05, 3.63) is 0 Å². The average Bonchev–Trinajstić information content (AvgIpc) is 2.28. The van der Waals surface area contributed by atoms with Crippen LogP contribution in [0.5, 0.6) is 0 Å². The monoisotopic (exact) mass is 268 g/mol. The molecule has 0 aromatic heterocycles. The Hall–Kier alpha value is 0.0700. The molecule has 104 valence electrons. The van der Waals surface area contributed by atoms with Gasteiger partial charge in [0.05, 0.1) is 13.2 Å². The number of hydrogen-bond donors (Lipinski definition) is 1. The molecule has 0 saturated carbocycles. The summed E-state index contributed by atoms with van der Waals surface area (Å²) in [6.07, 6.45) is 4.43. The number of phosphoric ester groups is 1. The van der Waals surface area contributed by atoms with Crippen molar-refractivity contribution >= 4 is 7.82 Å². The van der Waals surface area contributed by atoms with Crippen LogP contribution in [0.25, 0.3) is 0 Å².